The molecule has 2 aromatic rings. The summed E-state index contributed by atoms with van der Waals surface area (Å²) in [5, 5.41) is 2.98. The van der Waals surface area contributed by atoms with Crippen LogP contribution in [-0.2, 0) is 9.53 Å². The Morgan fingerprint density at radius 3 is 2.42 bits per heavy atom. The highest BCUT2D eigenvalue weighted by atomic mass is 35.5. The van der Waals surface area contributed by atoms with Gasteiger partial charge in [0, 0.05) is 6.20 Å². The van der Waals surface area contributed by atoms with Gasteiger partial charge in [0.05, 0.1) is 29.8 Å². The van der Waals surface area contributed by atoms with Crippen LogP contribution in [0.2, 0.25) is 10.0 Å². The molecule has 0 fully saturated rings. The molecule has 9 heteroatoms. The summed E-state index contributed by atoms with van der Waals surface area (Å²) in [7, 11) is 2.93. The van der Waals surface area contributed by atoms with Gasteiger partial charge < -0.3 is 19.5 Å². The molecule has 1 atom stereocenters. The van der Waals surface area contributed by atoms with Crippen LogP contribution in [0.5, 0.6) is 11.5 Å². The average Bonchev–Trinajstić information content (AvgIpc) is 2.63. The molecule has 0 bridgehead atoms. The fraction of sp³-hybridized carbons (Fsp3) is 0.235. The summed E-state index contributed by atoms with van der Waals surface area (Å²) in [6.45, 7) is 1.43. The number of aromatic nitrogens is 1. The summed E-state index contributed by atoms with van der Waals surface area (Å²) in [6, 6.07) is 5.97. The number of rotatable bonds is 6. The van der Waals surface area contributed by atoms with Gasteiger partial charge in [-0.15, -0.1) is 0 Å². The second kappa shape index (κ2) is 8.73. The molecule has 1 amide bonds. The van der Waals surface area contributed by atoms with Crippen molar-refractivity contribution in [3.63, 3.8) is 0 Å². The molecule has 0 aliphatic heterocycles. The summed E-state index contributed by atoms with van der Waals surface area (Å²) >= 11 is 11.7. The number of carbonyl (C=O) groups excluding carboxylic acids is 2. The van der Waals surface area contributed by atoms with E-state index in [4.69, 9.17) is 37.4 Å². The Morgan fingerprint density at radius 2 is 1.81 bits per heavy atom. The van der Waals surface area contributed by atoms with Crippen molar-refractivity contribution in [3.8, 4) is 11.5 Å². The summed E-state index contributed by atoms with van der Waals surface area (Å²) < 4.78 is 15.4. The topological polar surface area (TPSA) is 86.8 Å². The minimum absolute atomic E-state index is 0.120. The van der Waals surface area contributed by atoms with Gasteiger partial charge in [0.15, 0.2) is 23.4 Å². The number of methoxy groups -OCH3 is 2. The standard InChI is InChI=1S/C17H16Cl2N2O5/c1-9(16(22)21-15-12(19)7-11(18)8-20-15)26-17(23)10-4-5-13(24-2)14(6-10)25-3/h4-9H,1-3H3,(H,20,21,22)/t9-/m0/s1. The molecule has 0 aliphatic carbocycles. The van der Waals surface area contributed by atoms with Crippen LogP contribution >= 0.6 is 23.2 Å². The van der Waals surface area contributed by atoms with Crippen molar-refractivity contribution in [3.05, 3.63) is 46.1 Å². The molecule has 0 aliphatic rings. The van der Waals surface area contributed by atoms with Gasteiger partial charge in [0.1, 0.15) is 0 Å². The number of halogens is 2. The number of benzene rings is 1. The highest BCUT2D eigenvalue weighted by molar-refractivity contribution is 6.36. The van der Waals surface area contributed by atoms with Gasteiger partial charge >= 0.3 is 5.97 Å². The van der Waals surface area contributed by atoms with Crippen LogP contribution in [0.15, 0.2) is 30.5 Å². The van der Waals surface area contributed by atoms with E-state index >= 15 is 0 Å². The van der Waals surface area contributed by atoms with Gasteiger partial charge in [0.25, 0.3) is 5.91 Å². The molecule has 2 rings (SSSR count). The van der Waals surface area contributed by atoms with Gasteiger partial charge in [-0.3, -0.25) is 4.79 Å². The minimum atomic E-state index is -1.08. The first-order chi connectivity index (χ1) is 12.3. The SMILES string of the molecule is COc1ccc(C(=O)O[C@@H](C)C(=O)Nc2ncc(Cl)cc2Cl)cc1OC. The van der Waals surface area contributed by atoms with E-state index in [-0.39, 0.29) is 16.4 Å². The van der Waals surface area contributed by atoms with E-state index in [2.05, 4.69) is 10.3 Å². The number of pyridine rings is 1. The van der Waals surface area contributed by atoms with Crippen molar-refractivity contribution in [1.29, 1.82) is 0 Å². The first-order valence-corrected chi connectivity index (χ1v) is 8.16. The third kappa shape index (κ3) is 4.77. The maximum Gasteiger partial charge on any atom is 0.339 e. The fourth-order valence-electron chi connectivity index (χ4n) is 1.97. The molecule has 1 aromatic carbocycles. The van der Waals surface area contributed by atoms with Crippen molar-refractivity contribution in [2.75, 3.05) is 19.5 Å². The van der Waals surface area contributed by atoms with E-state index in [0.29, 0.717) is 16.5 Å². The van der Waals surface area contributed by atoms with Crippen molar-refractivity contribution in [2.45, 2.75) is 13.0 Å². The Hall–Kier alpha value is -2.51. The number of anilines is 1. The number of nitrogens with one attached hydrogen (secondary N) is 1. The second-order valence-electron chi connectivity index (χ2n) is 5.09. The van der Waals surface area contributed by atoms with Crippen LogP contribution in [0.1, 0.15) is 17.3 Å². The molecule has 1 N–H and O–H groups in total. The van der Waals surface area contributed by atoms with Gasteiger partial charge in [-0.1, -0.05) is 23.2 Å². The van der Waals surface area contributed by atoms with Crippen LogP contribution < -0.4 is 14.8 Å². The number of nitrogens with zero attached hydrogens (tertiary/aromatic N) is 1. The van der Waals surface area contributed by atoms with Crippen LogP contribution in [0.4, 0.5) is 5.82 Å². The number of esters is 1. The molecule has 0 saturated carbocycles. The Labute approximate surface area is 160 Å². The monoisotopic (exact) mass is 398 g/mol. The molecule has 0 radical (unpaired) electrons. The summed E-state index contributed by atoms with van der Waals surface area (Å²) in [4.78, 5) is 28.3. The van der Waals surface area contributed by atoms with Crippen LogP contribution in [-0.4, -0.2) is 37.2 Å². The van der Waals surface area contributed by atoms with Crippen LogP contribution in [0, 0.1) is 0 Å². The van der Waals surface area contributed by atoms with E-state index in [9.17, 15) is 9.59 Å². The minimum Gasteiger partial charge on any atom is -0.493 e. The third-order valence-electron chi connectivity index (χ3n) is 3.32. The molecule has 138 valence electrons. The molecule has 0 spiro atoms. The Morgan fingerprint density at radius 1 is 1.12 bits per heavy atom. The van der Waals surface area contributed by atoms with E-state index < -0.39 is 18.0 Å². The first kappa shape index (κ1) is 19.8. The Balaban J connectivity index is 2.05. The lowest BCUT2D eigenvalue weighted by molar-refractivity contribution is -0.123. The van der Waals surface area contributed by atoms with Crippen molar-refractivity contribution in [2.24, 2.45) is 0 Å². The molecule has 1 heterocycles. The smallest absolute Gasteiger partial charge is 0.339 e. The quantitative estimate of drug-likeness (QED) is 0.748. The van der Waals surface area contributed by atoms with Crippen LogP contribution in [0.3, 0.4) is 0 Å². The van der Waals surface area contributed by atoms with Gasteiger partial charge in [-0.25, -0.2) is 9.78 Å². The lowest BCUT2D eigenvalue weighted by Gasteiger charge is -2.14. The zero-order valence-corrected chi connectivity index (χ0v) is 15.7. The van der Waals surface area contributed by atoms with E-state index in [1.807, 2.05) is 0 Å². The van der Waals surface area contributed by atoms with Crippen molar-refractivity contribution < 1.29 is 23.8 Å². The first-order valence-electron chi connectivity index (χ1n) is 7.40. The molecular weight excluding hydrogens is 383 g/mol. The molecule has 1 aromatic heterocycles. The van der Waals surface area contributed by atoms with Gasteiger partial charge in [-0.2, -0.15) is 0 Å². The zero-order valence-electron chi connectivity index (χ0n) is 14.2. The second-order valence-corrected chi connectivity index (χ2v) is 5.93. The fourth-order valence-corrected chi connectivity index (χ4v) is 2.40. The molecule has 0 saturated heterocycles. The lowest BCUT2D eigenvalue weighted by atomic mass is 10.2. The predicted molar refractivity (Wildman–Crippen MR) is 97.3 cm³/mol. The Bertz CT molecular complexity index is 829. The van der Waals surface area contributed by atoms with E-state index in [1.165, 1.54) is 45.5 Å². The number of amides is 1. The van der Waals surface area contributed by atoms with Gasteiger partial charge in [0.2, 0.25) is 0 Å². The molecule has 7 nitrogen and oxygen atoms in total. The largest absolute Gasteiger partial charge is 0.493 e. The summed E-state index contributed by atoms with van der Waals surface area (Å²) in [6.07, 6.45) is 0.257. The maximum atomic E-state index is 12.2. The number of carbonyl (C=O) groups is 2. The number of hydrogen-bond acceptors (Lipinski definition) is 6. The highest BCUT2D eigenvalue weighted by Crippen LogP contribution is 2.28. The van der Waals surface area contributed by atoms with Crippen molar-refractivity contribution in [1.82, 2.24) is 4.98 Å². The van der Waals surface area contributed by atoms with E-state index in [1.54, 1.807) is 6.07 Å². The lowest BCUT2D eigenvalue weighted by Crippen LogP contribution is -2.30. The predicted octanol–water partition coefficient (Wildman–Crippen LogP) is 3.59. The Kier molecular flexibility index (Phi) is 6.65. The molecular formula is C17H16Cl2N2O5. The normalized spacial score (nSPS) is 11.4. The average molecular weight is 399 g/mol. The molecule has 0 unspecified atom stereocenters. The maximum absolute atomic E-state index is 12.2. The third-order valence-corrected chi connectivity index (χ3v) is 3.82. The summed E-state index contributed by atoms with van der Waals surface area (Å²) in [5.41, 5.74) is 0.213. The number of hydrogen-bond donors (Lipinski definition) is 1. The van der Waals surface area contributed by atoms with E-state index in [0.717, 1.165) is 0 Å². The summed E-state index contributed by atoms with van der Waals surface area (Å²) in [5.74, 6) is -0.316. The number of ether oxygens (including phenoxy) is 3. The van der Waals surface area contributed by atoms with Crippen LogP contribution in [0.25, 0.3) is 0 Å². The van der Waals surface area contributed by atoms with Crippen molar-refractivity contribution >= 4 is 40.9 Å². The van der Waals surface area contributed by atoms with Gasteiger partial charge in [-0.05, 0) is 31.2 Å². The molecule has 26 heavy (non-hydrogen) atoms. The highest BCUT2D eigenvalue weighted by Gasteiger charge is 2.21. The zero-order chi connectivity index (χ0) is 19.3.